The standard InChI is InChI=1S/C27H46O9S2/c1-17(2)6-5-7-18(16-34-37(28,29)30)19-8-9-20-21-10-11-22-24-23(36-38(31,32)33)12-13-26(22,4)27(21,35-24)15-14-25(19,20)3/h17-24H,5-16H2,1-4H3,(H,28,29,30)(H,31,32,33)/t18-,19+,20?,21?,22+,23+,24-,25+,26-,27+/m0/s1. The van der Waals surface area contributed by atoms with Crippen LogP contribution in [0.15, 0.2) is 0 Å². The number of hydrogen-bond donors (Lipinski definition) is 2. The quantitative estimate of drug-likeness (QED) is 0.334. The van der Waals surface area contributed by atoms with Gasteiger partial charge in [0, 0.05) is 5.41 Å². The van der Waals surface area contributed by atoms with Crippen molar-refractivity contribution >= 4 is 20.8 Å². The van der Waals surface area contributed by atoms with Crippen LogP contribution in [0, 0.1) is 46.3 Å². The van der Waals surface area contributed by atoms with Gasteiger partial charge in [-0.05, 0) is 98.7 Å². The van der Waals surface area contributed by atoms with E-state index in [1.807, 2.05) is 0 Å². The monoisotopic (exact) mass is 578 g/mol. The third-order valence-corrected chi connectivity index (χ3v) is 12.8. The summed E-state index contributed by atoms with van der Waals surface area (Å²) in [6.45, 7) is 9.12. The zero-order chi connectivity index (χ0) is 27.7. The molecule has 9 nitrogen and oxygen atoms in total. The molecule has 220 valence electrons. The molecule has 0 aromatic carbocycles. The maximum absolute atomic E-state index is 11.6. The van der Waals surface area contributed by atoms with Crippen LogP contribution in [-0.2, 0) is 33.9 Å². The highest BCUT2D eigenvalue weighted by Gasteiger charge is 2.74. The van der Waals surface area contributed by atoms with Crippen molar-refractivity contribution in [2.75, 3.05) is 6.61 Å². The SMILES string of the molecule is CC(C)CCC[C@@H](COS(=O)(=O)O)[C@H]1CCC2C3CC[C@@H]4[C@@H]5O[C@@]3(CC[C@@]21C)[C@@]4(C)CC[C@H]5OS(=O)(=O)O. The van der Waals surface area contributed by atoms with Crippen LogP contribution < -0.4 is 0 Å². The Balaban J connectivity index is 1.39. The second kappa shape index (κ2) is 9.91. The highest BCUT2D eigenvalue weighted by molar-refractivity contribution is 7.81. The van der Waals surface area contributed by atoms with Crippen LogP contribution in [0.4, 0.5) is 0 Å². The number of rotatable bonds is 10. The van der Waals surface area contributed by atoms with E-state index in [0.29, 0.717) is 30.1 Å². The minimum Gasteiger partial charge on any atom is -0.368 e. The largest absolute Gasteiger partial charge is 0.397 e. The Hall–Kier alpha value is -0.300. The molecule has 5 rings (SSSR count). The van der Waals surface area contributed by atoms with E-state index in [0.717, 1.165) is 64.2 Å². The molecule has 5 aliphatic rings. The molecule has 4 aliphatic carbocycles. The van der Waals surface area contributed by atoms with Crippen molar-refractivity contribution in [2.24, 2.45) is 46.3 Å². The lowest BCUT2D eigenvalue weighted by atomic mass is 9.43. The third kappa shape index (κ3) is 4.90. The van der Waals surface area contributed by atoms with E-state index in [1.165, 1.54) is 0 Å². The summed E-state index contributed by atoms with van der Waals surface area (Å²) in [4.78, 5) is 0. The molecule has 0 aromatic rings. The summed E-state index contributed by atoms with van der Waals surface area (Å²) in [7, 11) is -9.05. The Kier molecular flexibility index (Phi) is 7.62. The molecule has 1 spiro atoms. The lowest BCUT2D eigenvalue weighted by molar-refractivity contribution is -0.194. The first-order chi connectivity index (χ1) is 17.6. The maximum atomic E-state index is 11.6. The van der Waals surface area contributed by atoms with E-state index < -0.39 is 26.9 Å². The van der Waals surface area contributed by atoms with Gasteiger partial charge in [-0.25, -0.2) is 8.37 Å². The molecule has 10 atom stereocenters. The van der Waals surface area contributed by atoms with Crippen LogP contribution in [0.5, 0.6) is 0 Å². The molecule has 5 fully saturated rings. The summed E-state index contributed by atoms with van der Waals surface area (Å²) in [5.41, 5.74) is -0.354. The number of ether oxygens (including phenoxy) is 1. The maximum Gasteiger partial charge on any atom is 0.397 e. The Labute approximate surface area is 228 Å². The molecule has 2 unspecified atom stereocenters. The van der Waals surface area contributed by atoms with Gasteiger partial charge < -0.3 is 4.74 Å². The summed E-state index contributed by atoms with van der Waals surface area (Å²) in [6, 6.07) is 0. The molecule has 0 radical (unpaired) electrons. The topological polar surface area (TPSA) is 136 Å². The van der Waals surface area contributed by atoms with Crippen molar-refractivity contribution < 1.29 is 39.0 Å². The van der Waals surface area contributed by atoms with Crippen molar-refractivity contribution in [1.82, 2.24) is 0 Å². The predicted octanol–water partition coefficient (Wildman–Crippen LogP) is 5.23. The van der Waals surface area contributed by atoms with Crippen LogP contribution in [-0.4, -0.2) is 50.4 Å². The normalized spacial score (nSPS) is 45.1. The second-order valence-electron chi connectivity index (χ2n) is 13.9. The molecule has 1 aliphatic heterocycles. The molecule has 38 heavy (non-hydrogen) atoms. The summed E-state index contributed by atoms with van der Waals surface area (Å²) in [5, 5.41) is 0. The third-order valence-electron chi connectivity index (χ3n) is 11.8. The van der Waals surface area contributed by atoms with Gasteiger partial charge in [-0.3, -0.25) is 9.11 Å². The highest BCUT2D eigenvalue weighted by atomic mass is 32.3. The molecule has 4 saturated carbocycles. The minimum atomic E-state index is -4.55. The number of hydrogen-bond acceptors (Lipinski definition) is 7. The Morgan fingerprint density at radius 2 is 1.55 bits per heavy atom. The van der Waals surface area contributed by atoms with Crippen LogP contribution >= 0.6 is 0 Å². The van der Waals surface area contributed by atoms with Crippen molar-refractivity contribution in [3.05, 3.63) is 0 Å². The van der Waals surface area contributed by atoms with Gasteiger partial charge >= 0.3 is 20.8 Å². The van der Waals surface area contributed by atoms with E-state index in [-0.39, 0.29) is 41.0 Å². The number of fused-ring (bicyclic) bond motifs is 2. The molecular weight excluding hydrogens is 532 g/mol. The van der Waals surface area contributed by atoms with E-state index in [2.05, 4.69) is 27.7 Å². The zero-order valence-corrected chi connectivity index (χ0v) is 24.8. The van der Waals surface area contributed by atoms with E-state index >= 15 is 0 Å². The fraction of sp³-hybridized carbons (Fsp3) is 1.00. The van der Waals surface area contributed by atoms with Gasteiger partial charge in [0.25, 0.3) is 0 Å². The zero-order valence-electron chi connectivity index (χ0n) is 23.2. The van der Waals surface area contributed by atoms with Gasteiger partial charge in [-0.1, -0.05) is 40.5 Å². The molecule has 1 heterocycles. The van der Waals surface area contributed by atoms with Crippen molar-refractivity contribution in [1.29, 1.82) is 0 Å². The Morgan fingerprint density at radius 3 is 2.21 bits per heavy atom. The predicted molar refractivity (Wildman–Crippen MR) is 141 cm³/mol. The van der Waals surface area contributed by atoms with Gasteiger partial charge in [-0.15, -0.1) is 0 Å². The Morgan fingerprint density at radius 1 is 0.868 bits per heavy atom. The second-order valence-corrected chi connectivity index (χ2v) is 16.0. The molecule has 0 aromatic heterocycles. The van der Waals surface area contributed by atoms with Crippen molar-refractivity contribution in [3.8, 4) is 0 Å². The van der Waals surface area contributed by atoms with E-state index in [9.17, 15) is 25.9 Å². The first kappa shape index (κ1) is 29.2. The van der Waals surface area contributed by atoms with Crippen LogP contribution in [0.1, 0.15) is 98.3 Å². The van der Waals surface area contributed by atoms with E-state index in [1.54, 1.807) is 0 Å². The fourth-order valence-corrected chi connectivity index (χ4v) is 11.2. The Bertz CT molecular complexity index is 1110. The van der Waals surface area contributed by atoms with Crippen LogP contribution in [0.2, 0.25) is 0 Å². The first-order valence-electron chi connectivity index (χ1n) is 14.5. The van der Waals surface area contributed by atoms with Gasteiger partial charge in [0.2, 0.25) is 0 Å². The fourth-order valence-electron chi connectivity index (χ4n) is 10.3. The minimum absolute atomic E-state index is 0.0206. The van der Waals surface area contributed by atoms with Gasteiger partial charge in [0.05, 0.1) is 18.3 Å². The van der Waals surface area contributed by atoms with Crippen molar-refractivity contribution in [3.63, 3.8) is 0 Å². The van der Waals surface area contributed by atoms with E-state index in [4.69, 9.17) is 13.1 Å². The van der Waals surface area contributed by atoms with Gasteiger partial charge in [0.15, 0.2) is 0 Å². The summed E-state index contributed by atoms with van der Waals surface area (Å²) in [6.07, 6.45) is 9.26. The average molecular weight is 579 g/mol. The molecule has 2 N–H and O–H groups in total. The molecule has 1 saturated heterocycles. The smallest absolute Gasteiger partial charge is 0.368 e. The highest BCUT2D eigenvalue weighted by Crippen LogP contribution is 2.74. The molecule has 0 amide bonds. The summed E-state index contributed by atoms with van der Waals surface area (Å²) >= 11 is 0. The summed E-state index contributed by atoms with van der Waals surface area (Å²) < 4.78 is 81.8. The van der Waals surface area contributed by atoms with Crippen LogP contribution in [0.25, 0.3) is 0 Å². The summed E-state index contributed by atoms with van der Waals surface area (Å²) in [5.74, 6) is 1.93. The van der Waals surface area contributed by atoms with Crippen molar-refractivity contribution in [2.45, 2.75) is 116 Å². The first-order valence-corrected chi connectivity index (χ1v) is 17.3. The van der Waals surface area contributed by atoms with Crippen LogP contribution in [0.3, 0.4) is 0 Å². The van der Waals surface area contributed by atoms with Gasteiger partial charge in [-0.2, -0.15) is 16.8 Å². The molecule has 11 heteroatoms. The average Bonchev–Trinajstić information content (AvgIpc) is 3.11. The van der Waals surface area contributed by atoms with Gasteiger partial charge in [0.1, 0.15) is 6.10 Å². The molecular formula is C27H46O9S2. The molecule has 4 bridgehead atoms. The lowest BCUT2D eigenvalue weighted by Crippen LogP contribution is -2.61. The lowest BCUT2D eigenvalue weighted by Gasteiger charge is -2.61.